The van der Waals surface area contributed by atoms with Gasteiger partial charge in [0.15, 0.2) is 23.1 Å². The van der Waals surface area contributed by atoms with Crippen LogP contribution in [0.25, 0.3) is 44.1 Å². The summed E-state index contributed by atoms with van der Waals surface area (Å²) in [6.45, 7) is 4.62. The van der Waals surface area contributed by atoms with E-state index < -0.39 is 153 Å². The first-order chi connectivity index (χ1) is 67.3. The van der Waals surface area contributed by atoms with Gasteiger partial charge in [0.05, 0.1) is 111 Å². The molecule has 17 rings (SSSR count). The number of pyridine rings is 2. The molecule has 46 nitrogen and oxygen atoms in total. The van der Waals surface area contributed by atoms with Crippen molar-refractivity contribution in [3.63, 3.8) is 0 Å². The topological polar surface area (TPSA) is 684 Å². The second-order valence-corrected chi connectivity index (χ2v) is 41.6. The molecule has 3 aliphatic rings. The zero-order chi connectivity index (χ0) is 102. The van der Waals surface area contributed by atoms with Gasteiger partial charge in [-0.25, -0.2) is 10.5 Å². The number of hydrogen-bond donors (Lipinski definition) is 14. The fraction of sp³-hybridized carbons (Fsp3) is 0.136. The van der Waals surface area contributed by atoms with E-state index in [9.17, 15) is 107 Å². The number of hydrogen-bond acceptors (Lipinski definition) is 40. The minimum Gasteiger partial charge on any atom is -0.424 e. The maximum absolute atomic E-state index is 14.7. The molecule has 0 aliphatic heterocycles. The van der Waals surface area contributed by atoms with Crippen LogP contribution in [-0.2, 0) is 93.5 Å². The molecule has 1 saturated carbocycles. The number of aromatic nitrogens is 8. The number of nitrogens with zero attached hydrogens (tertiary/aromatic N) is 8. The number of ketones is 4. The summed E-state index contributed by atoms with van der Waals surface area (Å²) in [5, 5.41) is 42.4. The molecule has 14 aromatic rings. The number of anilines is 10. The minimum absolute atomic E-state index is 0.0109. The van der Waals surface area contributed by atoms with E-state index in [0.717, 1.165) is 89.4 Å². The van der Waals surface area contributed by atoms with Gasteiger partial charge in [0.1, 0.15) is 26.2 Å². The first kappa shape index (κ1) is 101. The smallest absolute Gasteiger partial charge is 0.328 e. The molecular formula is C88H72N14O32S8. The van der Waals surface area contributed by atoms with Crippen LogP contribution in [0.5, 0.6) is 23.5 Å². The van der Waals surface area contributed by atoms with E-state index in [2.05, 4.69) is 87.5 Å². The van der Waals surface area contributed by atoms with E-state index in [4.69, 9.17) is 20.0 Å². The Balaban J connectivity index is 0.000000205. The van der Waals surface area contributed by atoms with Crippen molar-refractivity contribution in [2.45, 2.75) is 78.7 Å². The van der Waals surface area contributed by atoms with Crippen molar-refractivity contribution in [1.82, 2.24) is 39.0 Å². The third-order valence-electron chi connectivity index (χ3n) is 22.6. The summed E-state index contributed by atoms with van der Waals surface area (Å²) in [5.41, 5.74) is -4.96. The largest absolute Gasteiger partial charge is 0.424 e. The van der Waals surface area contributed by atoms with Gasteiger partial charge in [0.2, 0.25) is 23.8 Å². The number of nitrogens with one attached hydrogen (secondary N) is 6. The van der Waals surface area contributed by atoms with Crippen LogP contribution in [0.4, 0.5) is 57.9 Å². The molecule has 0 amide bonds. The van der Waals surface area contributed by atoms with Crippen LogP contribution in [-0.4, -0.2) is 164 Å². The van der Waals surface area contributed by atoms with Gasteiger partial charge in [0.25, 0.3) is 71.8 Å². The van der Waals surface area contributed by atoms with Gasteiger partial charge in [-0.05, 0) is 164 Å². The standard InChI is InChI=1S/C47H41N7O16S4.C41H31N7O16S4/c1-24-7-5-8-25(19-24)23-48-45-51-46(53-47(52-45)68-27-13-15-28(16-14-27)71-70-69-58)50-34-21-33(36(73(62,63)64)22-37(34)74(65,66)67)49-32-17-18-35-40-38(30-11-3-4-12-31(30)43(56)39(32)40)41(44(57)54(35)2)42(55)26-9-6-10-29(20-26)72(59,60)61;1-3-42-39-45-40(47-41(46-39)62-21-11-13-22(14-12-21)66(53,54)55)44-27-18-28(31(68(59,60)61)19-30(27)65-64-63-52)43-26-15-16-29-34-32(24-9-4-5-10-25(24)37(50)33(26)34)35(38(51)48(29)2)36(49)20-7-6-8-23(17-20)67(56,57)58/h3-4,6,9-18,20-22,24-25,49,58H,5,7-8,19,23H2,1-2H3,(H,59,60,61)(H,62,63,64)(H,65,66,67)(H2,48,50,51,52,53);4-19,43,52H,3H2,1-2H3,(H,53,54,55)(H,56,57,58)(H,59,60,61)(H2,42,44,45,46,47). The van der Waals surface area contributed by atoms with Crippen LogP contribution in [0.3, 0.4) is 0 Å². The Hall–Kier alpha value is -14.4. The van der Waals surface area contributed by atoms with Crippen molar-refractivity contribution >= 4 is 188 Å². The highest BCUT2D eigenvalue weighted by atomic mass is 32.2. The van der Waals surface area contributed by atoms with Crippen LogP contribution in [0.15, 0.2) is 243 Å². The number of carbonyl (C=O) groups is 4. The number of benzene rings is 10. The van der Waals surface area contributed by atoms with Crippen molar-refractivity contribution in [2.75, 3.05) is 45.0 Å². The number of aryl methyl sites for hydroxylation is 2. The lowest BCUT2D eigenvalue weighted by molar-refractivity contribution is -0.432. The van der Waals surface area contributed by atoms with E-state index in [1.54, 1.807) is 31.2 Å². The molecule has 0 spiro atoms. The normalized spacial score (nSPS) is 14.1. The number of carbonyl (C=O) groups excluding carboxylic acids is 4. The summed E-state index contributed by atoms with van der Waals surface area (Å²) in [7, 11) is -27.4. The molecule has 14 N–H and O–H groups in total. The lowest BCUT2D eigenvalue weighted by Gasteiger charge is -2.26. The average molecular weight is 2090 g/mol. The summed E-state index contributed by atoms with van der Waals surface area (Å²) in [6, 6.07) is 39.7. The van der Waals surface area contributed by atoms with Crippen LogP contribution in [0.2, 0.25) is 0 Å². The molecule has 734 valence electrons. The summed E-state index contributed by atoms with van der Waals surface area (Å²) in [4.78, 5) is 108. The van der Waals surface area contributed by atoms with E-state index in [1.807, 2.05) is 0 Å². The van der Waals surface area contributed by atoms with Gasteiger partial charge in [-0.15, -0.1) is 8.67 Å². The van der Waals surface area contributed by atoms with Gasteiger partial charge < -0.3 is 50.5 Å². The number of ether oxygens (including phenoxy) is 2. The molecule has 10 aromatic carbocycles. The van der Waals surface area contributed by atoms with Gasteiger partial charge in [0, 0.05) is 76.2 Å². The highest BCUT2D eigenvalue weighted by Crippen LogP contribution is 2.49. The van der Waals surface area contributed by atoms with E-state index in [-0.39, 0.29) is 165 Å². The van der Waals surface area contributed by atoms with Gasteiger partial charge >= 0.3 is 12.0 Å². The summed E-state index contributed by atoms with van der Waals surface area (Å²) in [5.74, 6) is -3.01. The predicted octanol–water partition coefficient (Wildman–Crippen LogP) is 13.9. The molecule has 0 radical (unpaired) electrons. The fourth-order valence-electron chi connectivity index (χ4n) is 16.4. The second kappa shape index (κ2) is 40.0. The third kappa shape index (κ3) is 21.2. The Morgan fingerprint density at radius 3 is 1.27 bits per heavy atom. The second-order valence-electron chi connectivity index (χ2n) is 31.7. The van der Waals surface area contributed by atoms with E-state index in [0.29, 0.717) is 42.0 Å². The lowest BCUT2D eigenvalue weighted by Crippen LogP contribution is -2.29. The molecular weight excluding hydrogens is 2020 g/mol. The quantitative estimate of drug-likeness (QED) is 0.00597. The molecule has 0 saturated heterocycles. The summed E-state index contributed by atoms with van der Waals surface area (Å²) < 4.78 is 234. The highest BCUT2D eigenvalue weighted by Gasteiger charge is 2.39. The Morgan fingerprint density at radius 2 is 0.831 bits per heavy atom. The maximum Gasteiger partial charge on any atom is 0.328 e. The maximum atomic E-state index is 14.7. The Labute approximate surface area is 811 Å². The highest BCUT2D eigenvalue weighted by molar-refractivity contribution is 7.95. The molecule has 1 fully saturated rings. The fourth-order valence-corrected chi connectivity index (χ4v) is 20.9. The molecule has 2 atom stereocenters. The van der Waals surface area contributed by atoms with Crippen molar-refractivity contribution in [2.24, 2.45) is 25.9 Å². The molecule has 2 unspecified atom stereocenters. The molecule has 0 bridgehead atoms. The van der Waals surface area contributed by atoms with Gasteiger partial charge in [-0.3, -0.25) is 56.1 Å². The van der Waals surface area contributed by atoms with E-state index in [1.165, 1.54) is 123 Å². The predicted molar refractivity (Wildman–Crippen MR) is 509 cm³/mol. The zero-order valence-corrected chi connectivity index (χ0v) is 79.6. The summed E-state index contributed by atoms with van der Waals surface area (Å²) in [6.07, 6.45) is 3.97. The molecule has 4 aromatic heterocycles. The van der Waals surface area contributed by atoms with Gasteiger partial charge in [-0.2, -0.15) is 80.4 Å². The van der Waals surface area contributed by atoms with Crippen molar-refractivity contribution in [1.29, 1.82) is 0 Å². The molecule has 3 aliphatic carbocycles. The first-order valence-electron chi connectivity index (χ1n) is 41.4. The molecule has 142 heavy (non-hydrogen) atoms. The SMILES string of the molecule is CC1CCCC(CNc2nc(Nc3cc(Nc4ccc5c6c4C(=O)c4ccccc4-c6c(C(=O)c4cccc(S(=O)(=O)O)c4)c(=O)n5C)c(S(=O)(=O)O)cc3S(=O)(=O)O)nc(Oc3ccc(SOOO)cc3)n2)C1.CCNc1nc(Nc2cc(Nc3ccc4c5c3C(=O)c3ccccc3-c5c(C(=O)c3cccc(S(=O)(=O)O)c3)c(=O)n4C)c(S(=O)(=O)O)cc2SOOO)nc(Oc2ccc(S(=O)(=O)O)cc2)n1. The van der Waals surface area contributed by atoms with Crippen molar-refractivity contribution in [3.8, 4) is 45.8 Å². The summed E-state index contributed by atoms with van der Waals surface area (Å²) >= 11 is 0.960. The molecule has 4 heterocycles. The van der Waals surface area contributed by atoms with Crippen LogP contribution in [0.1, 0.15) is 103 Å². The monoisotopic (exact) mass is 2090 g/mol. The Kier molecular flexibility index (Phi) is 28.3. The van der Waals surface area contributed by atoms with Crippen molar-refractivity contribution in [3.05, 3.63) is 259 Å². The average Bonchev–Trinajstić information content (AvgIpc) is 0.707. The van der Waals surface area contributed by atoms with Gasteiger partial charge in [-0.1, -0.05) is 103 Å². The Bertz CT molecular complexity index is 8510. The van der Waals surface area contributed by atoms with Crippen LogP contribution in [0, 0.1) is 11.8 Å². The third-order valence-corrected chi connectivity index (χ3v) is 29.1. The first-order valence-corrected chi connectivity index (χ1v) is 51.5. The van der Waals surface area contributed by atoms with Crippen LogP contribution >= 0.6 is 24.1 Å². The van der Waals surface area contributed by atoms with Crippen molar-refractivity contribution < 1.29 is 136 Å². The zero-order valence-electron chi connectivity index (χ0n) is 73.1. The number of fused-ring (bicyclic) bond motifs is 4. The lowest BCUT2D eigenvalue weighted by atomic mass is 9.80. The Morgan fingerprint density at radius 1 is 0.415 bits per heavy atom. The number of rotatable bonds is 33. The van der Waals surface area contributed by atoms with Crippen LogP contribution < -0.4 is 52.5 Å². The molecule has 54 heteroatoms. The minimum atomic E-state index is -5.40. The van der Waals surface area contributed by atoms with E-state index >= 15 is 0 Å².